The monoisotopic (exact) mass is 289 g/mol. The molecule has 6 heteroatoms. The van der Waals surface area contributed by atoms with Crippen LogP contribution in [-0.2, 0) is 9.59 Å². The van der Waals surface area contributed by atoms with E-state index in [1.165, 1.54) is 0 Å². The Labute approximate surface area is 115 Å². The third kappa shape index (κ3) is 5.38. The first-order valence-corrected chi connectivity index (χ1v) is 6.45. The van der Waals surface area contributed by atoms with Crippen molar-refractivity contribution in [2.45, 2.75) is 12.8 Å². The molecule has 1 rings (SSSR count). The van der Waals surface area contributed by atoms with Crippen LogP contribution in [0.5, 0.6) is 5.75 Å². The maximum absolute atomic E-state index is 11.3. The summed E-state index contributed by atoms with van der Waals surface area (Å²) in [5.74, 6) is 0.249. The Balaban J connectivity index is 2.61. The molecule has 0 spiro atoms. The van der Waals surface area contributed by atoms with Crippen LogP contribution in [0.15, 0.2) is 24.3 Å². The molecule has 0 aliphatic rings. The molecule has 1 aromatic carbocycles. The van der Waals surface area contributed by atoms with Crippen molar-refractivity contribution in [1.29, 1.82) is 0 Å². The Morgan fingerprint density at radius 2 is 1.89 bits per heavy atom. The summed E-state index contributed by atoms with van der Waals surface area (Å²) < 4.78 is 5.04. The molecular formula is C12H13Cl2NO3. The van der Waals surface area contributed by atoms with E-state index in [2.05, 4.69) is 5.32 Å². The van der Waals surface area contributed by atoms with E-state index in [1.807, 2.05) is 0 Å². The zero-order chi connectivity index (χ0) is 13.4. The lowest BCUT2D eigenvalue weighted by atomic mass is 10.3. The van der Waals surface area contributed by atoms with Crippen molar-refractivity contribution in [3.63, 3.8) is 0 Å². The maximum atomic E-state index is 11.3. The molecule has 0 aliphatic carbocycles. The van der Waals surface area contributed by atoms with E-state index in [0.717, 1.165) is 0 Å². The van der Waals surface area contributed by atoms with Crippen LogP contribution in [-0.4, -0.2) is 23.6 Å². The number of carbonyl (C=O) groups excluding carboxylic acids is 2. The molecule has 0 unspecified atom stereocenters. The number of hydrogen-bond donors (Lipinski definition) is 1. The normalized spacial score (nSPS) is 9.89. The van der Waals surface area contributed by atoms with Crippen LogP contribution < -0.4 is 10.1 Å². The highest BCUT2D eigenvalue weighted by molar-refractivity contribution is 6.19. The molecule has 0 saturated carbocycles. The molecule has 98 valence electrons. The van der Waals surface area contributed by atoms with Gasteiger partial charge in [-0.25, -0.2) is 0 Å². The topological polar surface area (TPSA) is 55.4 Å². The second kappa shape index (κ2) is 7.95. The number of ether oxygens (including phenoxy) is 1. The van der Waals surface area contributed by atoms with Crippen LogP contribution >= 0.6 is 23.2 Å². The van der Waals surface area contributed by atoms with Gasteiger partial charge >= 0.3 is 5.97 Å². The van der Waals surface area contributed by atoms with Crippen LogP contribution in [0.4, 0.5) is 5.69 Å². The first kappa shape index (κ1) is 14.8. The minimum atomic E-state index is -0.408. The van der Waals surface area contributed by atoms with Crippen molar-refractivity contribution >= 4 is 40.8 Å². The summed E-state index contributed by atoms with van der Waals surface area (Å²) in [6.45, 7) is 0. The molecule has 0 fully saturated rings. The number of nitrogens with one attached hydrogen (secondary N) is 1. The number of halogens is 2. The molecule has 0 radical (unpaired) electrons. The highest BCUT2D eigenvalue weighted by Crippen LogP contribution is 2.18. The summed E-state index contributed by atoms with van der Waals surface area (Å²) in [5.41, 5.74) is 0.557. The predicted octanol–water partition coefficient (Wildman–Crippen LogP) is 2.79. The standard InChI is InChI=1S/C12H13Cl2NO3/c13-6-4-11(16)15-9-2-1-3-10(8-9)18-12(17)5-7-14/h1-3,8H,4-7H2,(H,15,16). The molecule has 0 aliphatic heterocycles. The molecule has 0 saturated heterocycles. The van der Waals surface area contributed by atoms with Gasteiger partial charge in [-0.15, -0.1) is 23.2 Å². The average molecular weight is 290 g/mol. The Hall–Kier alpha value is -1.26. The molecular weight excluding hydrogens is 277 g/mol. The molecule has 4 nitrogen and oxygen atoms in total. The van der Waals surface area contributed by atoms with Gasteiger partial charge in [0.15, 0.2) is 0 Å². The van der Waals surface area contributed by atoms with Gasteiger partial charge in [0.05, 0.1) is 6.42 Å². The van der Waals surface area contributed by atoms with Gasteiger partial charge in [0.1, 0.15) is 5.75 Å². The number of benzene rings is 1. The average Bonchev–Trinajstić information content (AvgIpc) is 2.29. The SMILES string of the molecule is O=C(CCCl)Nc1cccc(OC(=O)CCCl)c1. The van der Waals surface area contributed by atoms with Gasteiger partial charge in [0, 0.05) is 29.9 Å². The smallest absolute Gasteiger partial charge is 0.312 e. The lowest BCUT2D eigenvalue weighted by Crippen LogP contribution is -2.12. The fourth-order valence-electron chi connectivity index (χ4n) is 1.21. The van der Waals surface area contributed by atoms with Gasteiger partial charge < -0.3 is 10.1 Å². The van der Waals surface area contributed by atoms with Crippen molar-refractivity contribution in [2.75, 3.05) is 17.1 Å². The second-order valence-electron chi connectivity index (χ2n) is 3.43. The zero-order valence-corrected chi connectivity index (χ0v) is 11.1. The van der Waals surface area contributed by atoms with E-state index in [9.17, 15) is 9.59 Å². The lowest BCUT2D eigenvalue weighted by molar-refractivity contribution is -0.133. The molecule has 1 amide bonds. The summed E-state index contributed by atoms with van der Waals surface area (Å²) in [6, 6.07) is 6.58. The summed E-state index contributed by atoms with van der Waals surface area (Å²) in [5, 5.41) is 2.65. The Morgan fingerprint density at radius 3 is 2.56 bits per heavy atom. The minimum absolute atomic E-state index is 0.143. The first-order valence-electron chi connectivity index (χ1n) is 5.38. The molecule has 0 bridgehead atoms. The van der Waals surface area contributed by atoms with Crippen LogP contribution in [0.3, 0.4) is 0 Å². The van der Waals surface area contributed by atoms with E-state index in [4.69, 9.17) is 27.9 Å². The van der Waals surface area contributed by atoms with Gasteiger partial charge in [0.25, 0.3) is 0 Å². The molecule has 18 heavy (non-hydrogen) atoms. The fraction of sp³-hybridized carbons (Fsp3) is 0.333. The first-order chi connectivity index (χ1) is 8.65. The molecule has 1 N–H and O–H groups in total. The quantitative estimate of drug-likeness (QED) is 0.498. The van der Waals surface area contributed by atoms with Gasteiger partial charge in [-0.05, 0) is 12.1 Å². The molecule has 0 aromatic heterocycles. The van der Waals surface area contributed by atoms with E-state index >= 15 is 0 Å². The summed E-state index contributed by atoms with van der Waals surface area (Å²) in [6.07, 6.45) is 0.377. The van der Waals surface area contributed by atoms with E-state index in [1.54, 1.807) is 24.3 Å². The van der Waals surface area contributed by atoms with Gasteiger partial charge in [0.2, 0.25) is 5.91 Å². The Bertz CT molecular complexity index is 388. The highest BCUT2D eigenvalue weighted by Gasteiger charge is 2.06. The summed E-state index contributed by atoms with van der Waals surface area (Å²) in [4.78, 5) is 22.6. The van der Waals surface area contributed by atoms with Crippen molar-refractivity contribution in [1.82, 2.24) is 0 Å². The number of amides is 1. The van der Waals surface area contributed by atoms with Crippen LogP contribution in [0, 0.1) is 0 Å². The molecule has 0 heterocycles. The van der Waals surface area contributed by atoms with Crippen LogP contribution in [0.25, 0.3) is 0 Å². The Kier molecular flexibility index (Phi) is 6.54. The van der Waals surface area contributed by atoms with Crippen molar-refractivity contribution < 1.29 is 14.3 Å². The number of carbonyl (C=O) groups is 2. The minimum Gasteiger partial charge on any atom is -0.426 e. The largest absolute Gasteiger partial charge is 0.426 e. The number of esters is 1. The molecule has 1 aromatic rings. The number of alkyl halides is 2. The maximum Gasteiger partial charge on any atom is 0.312 e. The van der Waals surface area contributed by atoms with Gasteiger partial charge in [-0.3, -0.25) is 9.59 Å². The molecule has 0 atom stereocenters. The van der Waals surface area contributed by atoms with E-state index < -0.39 is 5.97 Å². The fourth-order valence-corrected chi connectivity index (χ4v) is 1.53. The number of anilines is 1. The highest BCUT2D eigenvalue weighted by atomic mass is 35.5. The number of rotatable bonds is 6. The van der Waals surface area contributed by atoms with Crippen molar-refractivity contribution in [3.05, 3.63) is 24.3 Å². The van der Waals surface area contributed by atoms with Crippen molar-refractivity contribution in [2.24, 2.45) is 0 Å². The van der Waals surface area contributed by atoms with Gasteiger partial charge in [-0.2, -0.15) is 0 Å². The predicted molar refractivity (Wildman–Crippen MR) is 71.4 cm³/mol. The number of hydrogen-bond acceptors (Lipinski definition) is 3. The van der Waals surface area contributed by atoms with Crippen molar-refractivity contribution in [3.8, 4) is 5.75 Å². The lowest BCUT2D eigenvalue weighted by Gasteiger charge is -2.07. The third-order valence-electron chi connectivity index (χ3n) is 1.97. The van der Waals surface area contributed by atoms with E-state index in [-0.39, 0.29) is 30.5 Å². The second-order valence-corrected chi connectivity index (χ2v) is 4.18. The summed E-state index contributed by atoms with van der Waals surface area (Å²) in [7, 11) is 0. The van der Waals surface area contributed by atoms with E-state index in [0.29, 0.717) is 11.4 Å². The Morgan fingerprint density at radius 1 is 1.17 bits per heavy atom. The zero-order valence-electron chi connectivity index (χ0n) is 9.62. The third-order valence-corrected chi connectivity index (χ3v) is 2.35. The summed E-state index contributed by atoms with van der Waals surface area (Å²) >= 11 is 10.9. The van der Waals surface area contributed by atoms with Crippen LogP contribution in [0.2, 0.25) is 0 Å². The van der Waals surface area contributed by atoms with Crippen LogP contribution in [0.1, 0.15) is 12.8 Å². The van der Waals surface area contributed by atoms with Gasteiger partial charge in [-0.1, -0.05) is 6.07 Å².